The summed E-state index contributed by atoms with van der Waals surface area (Å²) in [6.07, 6.45) is 14.9. The van der Waals surface area contributed by atoms with Crippen molar-refractivity contribution in [2.75, 3.05) is 6.54 Å². The number of nitrogens with zero attached hydrogens (tertiary/aromatic N) is 1. The van der Waals surface area contributed by atoms with Crippen LogP contribution in [0, 0.1) is 5.92 Å². The van der Waals surface area contributed by atoms with E-state index in [0.29, 0.717) is 5.92 Å². The second-order valence-corrected chi connectivity index (χ2v) is 6.06. The molecule has 1 aliphatic carbocycles. The van der Waals surface area contributed by atoms with Crippen LogP contribution in [0.25, 0.3) is 0 Å². The molecular formula is C16H29NO. The maximum atomic E-state index is 10.4. The monoisotopic (exact) mass is 251 g/mol. The van der Waals surface area contributed by atoms with Gasteiger partial charge in [0.25, 0.3) is 0 Å². The van der Waals surface area contributed by atoms with Gasteiger partial charge >= 0.3 is 0 Å². The summed E-state index contributed by atoms with van der Waals surface area (Å²) in [5.74, 6) is 0.378. The summed E-state index contributed by atoms with van der Waals surface area (Å²) in [5.41, 5.74) is 1.35. The summed E-state index contributed by atoms with van der Waals surface area (Å²) in [6.45, 7) is 0.999. The zero-order chi connectivity index (χ0) is 12.6. The molecular weight excluding hydrogens is 222 g/mol. The molecule has 18 heavy (non-hydrogen) atoms. The molecule has 2 nitrogen and oxygen atoms in total. The van der Waals surface area contributed by atoms with Crippen LogP contribution < -0.4 is 0 Å². The minimum Gasteiger partial charge on any atom is -0.392 e. The minimum absolute atomic E-state index is 0.121. The van der Waals surface area contributed by atoms with Crippen LogP contribution in [0.15, 0.2) is 4.99 Å². The Morgan fingerprint density at radius 1 is 0.778 bits per heavy atom. The van der Waals surface area contributed by atoms with E-state index in [-0.39, 0.29) is 6.10 Å². The molecule has 0 radical (unpaired) electrons. The van der Waals surface area contributed by atoms with Crippen molar-refractivity contribution in [1.29, 1.82) is 0 Å². The molecule has 0 aromatic heterocycles. The number of aliphatic hydroxyl groups is 1. The Balaban J connectivity index is 1.99. The molecule has 1 aliphatic heterocycles. The Morgan fingerprint density at radius 2 is 1.44 bits per heavy atom. The average molecular weight is 251 g/mol. The predicted octanol–water partition coefficient (Wildman–Crippen LogP) is 4.11. The molecule has 0 bridgehead atoms. The highest BCUT2D eigenvalue weighted by Crippen LogP contribution is 2.26. The lowest BCUT2D eigenvalue weighted by Crippen LogP contribution is -2.29. The first-order chi connectivity index (χ1) is 8.88. The summed E-state index contributed by atoms with van der Waals surface area (Å²) < 4.78 is 0. The number of hydrogen-bond donors (Lipinski definition) is 1. The fraction of sp³-hybridized carbons (Fsp3) is 0.938. The van der Waals surface area contributed by atoms with Gasteiger partial charge in [-0.3, -0.25) is 4.99 Å². The average Bonchev–Trinajstić information content (AvgIpc) is 2.48. The van der Waals surface area contributed by atoms with Crippen molar-refractivity contribution >= 4 is 5.71 Å². The van der Waals surface area contributed by atoms with Gasteiger partial charge in [0.15, 0.2) is 0 Å². The van der Waals surface area contributed by atoms with Gasteiger partial charge in [0, 0.05) is 18.2 Å². The van der Waals surface area contributed by atoms with E-state index in [0.717, 1.165) is 19.4 Å². The minimum atomic E-state index is -0.121. The Morgan fingerprint density at radius 3 is 2.33 bits per heavy atom. The highest BCUT2D eigenvalue weighted by atomic mass is 16.3. The molecule has 0 aromatic rings. The number of rotatable bonds is 1. The van der Waals surface area contributed by atoms with E-state index < -0.39 is 0 Å². The molecule has 2 aliphatic rings. The third-order valence-corrected chi connectivity index (χ3v) is 4.56. The first kappa shape index (κ1) is 14.0. The maximum Gasteiger partial charge on any atom is 0.0620 e. The van der Waals surface area contributed by atoms with Crippen molar-refractivity contribution in [2.45, 2.75) is 83.2 Å². The second kappa shape index (κ2) is 7.93. The fourth-order valence-corrected chi connectivity index (χ4v) is 3.41. The van der Waals surface area contributed by atoms with Crippen molar-refractivity contribution in [2.24, 2.45) is 10.9 Å². The van der Waals surface area contributed by atoms with E-state index >= 15 is 0 Å². The van der Waals surface area contributed by atoms with E-state index in [2.05, 4.69) is 0 Å². The van der Waals surface area contributed by atoms with E-state index in [4.69, 9.17) is 4.99 Å². The zero-order valence-electron chi connectivity index (χ0n) is 11.7. The fourth-order valence-electron chi connectivity index (χ4n) is 3.41. The first-order valence-corrected chi connectivity index (χ1v) is 8.09. The van der Waals surface area contributed by atoms with Crippen LogP contribution in [0.5, 0.6) is 0 Å². The topological polar surface area (TPSA) is 32.6 Å². The summed E-state index contributed by atoms with van der Waals surface area (Å²) in [5, 5.41) is 10.4. The van der Waals surface area contributed by atoms with Gasteiger partial charge in [0.05, 0.1) is 6.10 Å². The van der Waals surface area contributed by atoms with Gasteiger partial charge in [-0.25, -0.2) is 0 Å². The number of aliphatic hydroxyl groups excluding tert-OH is 1. The van der Waals surface area contributed by atoms with Crippen molar-refractivity contribution in [3.8, 4) is 0 Å². The SMILES string of the molecule is OC1CCCCCCC1/C1=N/CCCCCCC1. The van der Waals surface area contributed by atoms with Crippen molar-refractivity contribution < 1.29 is 5.11 Å². The van der Waals surface area contributed by atoms with E-state index in [1.807, 2.05) is 0 Å². The molecule has 1 heterocycles. The van der Waals surface area contributed by atoms with Crippen LogP contribution in [-0.4, -0.2) is 23.5 Å². The normalized spacial score (nSPS) is 35.3. The van der Waals surface area contributed by atoms with Gasteiger partial charge in [0.1, 0.15) is 0 Å². The van der Waals surface area contributed by atoms with Crippen LogP contribution >= 0.6 is 0 Å². The summed E-state index contributed by atoms with van der Waals surface area (Å²) in [4.78, 5) is 4.85. The lowest BCUT2D eigenvalue weighted by atomic mass is 9.83. The van der Waals surface area contributed by atoms with Gasteiger partial charge < -0.3 is 5.11 Å². The summed E-state index contributed by atoms with van der Waals surface area (Å²) >= 11 is 0. The van der Waals surface area contributed by atoms with E-state index in [1.165, 1.54) is 69.9 Å². The molecule has 2 rings (SSSR count). The van der Waals surface area contributed by atoms with Crippen LogP contribution in [-0.2, 0) is 0 Å². The van der Waals surface area contributed by atoms with E-state index in [1.54, 1.807) is 0 Å². The van der Waals surface area contributed by atoms with Gasteiger partial charge in [-0.05, 0) is 32.1 Å². The Bertz CT molecular complexity index is 262. The molecule has 2 heteroatoms. The van der Waals surface area contributed by atoms with Gasteiger partial charge in [-0.1, -0.05) is 44.9 Å². The smallest absolute Gasteiger partial charge is 0.0620 e. The largest absolute Gasteiger partial charge is 0.392 e. The molecule has 0 saturated heterocycles. The standard InChI is InChI=1S/C16H29NO/c18-16-12-8-4-3-6-10-14(16)15-11-7-2-1-5-9-13-17-15/h14,16,18H,1-13H2/b17-15+. The molecule has 0 spiro atoms. The molecule has 0 amide bonds. The van der Waals surface area contributed by atoms with E-state index in [9.17, 15) is 5.11 Å². The second-order valence-electron chi connectivity index (χ2n) is 6.06. The molecule has 2 unspecified atom stereocenters. The maximum absolute atomic E-state index is 10.4. The lowest BCUT2D eigenvalue weighted by Gasteiger charge is -2.27. The Labute approximate surface area is 112 Å². The number of hydrogen-bond acceptors (Lipinski definition) is 2. The molecule has 1 saturated carbocycles. The van der Waals surface area contributed by atoms with Crippen LogP contribution in [0.4, 0.5) is 0 Å². The quantitative estimate of drug-likeness (QED) is 0.747. The van der Waals surface area contributed by atoms with Crippen molar-refractivity contribution in [1.82, 2.24) is 0 Å². The molecule has 104 valence electrons. The Hall–Kier alpha value is -0.370. The van der Waals surface area contributed by atoms with Gasteiger partial charge in [-0.15, -0.1) is 0 Å². The van der Waals surface area contributed by atoms with Crippen LogP contribution in [0.3, 0.4) is 0 Å². The van der Waals surface area contributed by atoms with Gasteiger partial charge in [-0.2, -0.15) is 0 Å². The third kappa shape index (κ3) is 4.38. The number of aliphatic imine (C=N–C) groups is 1. The summed E-state index contributed by atoms with van der Waals surface area (Å²) in [6, 6.07) is 0. The molecule has 1 N–H and O–H groups in total. The summed E-state index contributed by atoms with van der Waals surface area (Å²) in [7, 11) is 0. The third-order valence-electron chi connectivity index (χ3n) is 4.56. The Kier molecular flexibility index (Phi) is 6.19. The van der Waals surface area contributed by atoms with Crippen molar-refractivity contribution in [3.05, 3.63) is 0 Å². The van der Waals surface area contributed by atoms with Gasteiger partial charge in [0.2, 0.25) is 0 Å². The lowest BCUT2D eigenvalue weighted by molar-refractivity contribution is 0.113. The van der Waals surface area contributed by atoms with Crippen LogP contribution in [0.2, 0.25) is 0 Å². The highest BCUT2D eigenvalue weighted by molar-refractivity contribution is 5.87. The van der Waals surface area contributed by atoms with Crippen LogP contribution in [0.1, 0.15) is 77.0 Å². The zero-order valence-corrected chi connectivity index (χ0v) is 11.7. The molecule has 0 aromatic carbocycles. The predicted molar refractivity (Wildman–Crippen MR) is 77.2 cm³/mol. The van der Waals surface area contributed by atoms with Crippen molar-refractivity contribution in [3.63, 3.8) is 0 Å². The highest BCUT2D eigenvalue weighted by Gasteiger charge is 2.25. The first-order valence-electron chi connectivity index (χ1n) is 8.09. The molecule has 2 atom stereocenters. The molecule has 1 fully saturated rings.